The summed E-state index contributed by atoms with van der Waals surface area (Å²) in [4.78, 5) is 43.9. The number of nitrogens with one attached hydrogen (secondary N) is 1. The van der Waals surface area contributed by atoms with Gasteiger partial charge in [0.15, 0.2) is 5.76 Å². The first-order valence-electron chi connectivity index (χ1n) is 14.9. The highest BCUT2D eigenvalue weighted by Gasteiger charge is 2.40. The van der Waals surface area contributed by atoms with Crippen LogP contribution in [0.25, 0.3) is 11.0 Å². The summed E-state index contributed by atoms with van der Waals surface area (Å²) in [6.45, 7) is 6.71. The molecule has 10 nitrogen and oxygen atoms in total. The molecule has 1 N–H and O–H groups in total. The highest BCUT2D eigenvalue weighted by atomic mass is 16.5. The number of fused-ring (bicyclic) bond motifs is 5. The second kappa shape index (κ2) is 12.3. The Morgan fingerprint density at radius 2 is 1.81 bits per heavy atom. The molecule has 2 bridgehead atoms. The highest BCUT2D eigenvalue weighted by molar-refractivity contribution is 5.96. The van der Waals surface area contributed by atoms with Gasteiger partial charge in [-0.25, -0.2) is 0 Å². The van der Waals surface area contributed by atoms with Gasteiger partial charge in [-0.2, -0.15) is 5.10 Å². The van der Waals surface area contributed by atoms with Crippen LogP contribution in [-0.2, 0) is 16.1 Å². The van der Waals surface area contributed by atoms with Crippen molar-refractivity contribution in [2.45, 2.75) is 39.2 Å². The summed E-state index contributed by atoms with van der Waals surface area (Å²) in [5.74, 6) is 0.0375. The van der Waals surface area contributed by atoms with E-state index in [1.807, 2.05) is 73.1 Å². The van der Waals surface area contributed by atoms with Crippen LogP contribution < -0.4 is 10.1 Å². The zero-order valence-electron chi connectivity index (χ0n) is 24.6. The van der Waals surface area contributed by atoms with Crippen molar-refractivity contribution in [3.05, 3.63) is 83.4 Å². The fraction of sp³-hybridized carbons (Fsp3) is 0.394. The van der Waals surface area contributed by atoms with Crippen LogP contribution in [0.3, 0.4) is 0 Å². The lowest BCUT2D eigenvalue weighted by molar-refractivity contribution is -0.131. The second-order valence-corrected chi connectivity index (χ2v) is 11.4. The lowest BCUT2D eigenvalue weighted by Crippen LogP contribution is -2.42. The van der Waals surface area contributed by atoms with Crippen molar-refractivity contribution in [2.75, 3.05) is 39.3 Å². The summed E-state index contributed by atoms with van der Waals surface area (Å²) in [5.41, 5.74) is 3.58. The third-order valence-electron chi connectivity index (χ3n) is 8.38. The average molecular weight is 584 g/mol. The van der Waals surface area contributed by atoms with E-state index in [0.717, 1.165) is 22.3 Å². The standard InChI is InChI=1S/C33H37N5O5/c1-22-17-23(2)38(35-22)14-11-31(39)37-20-27-24-8-5-9-26(18-24)42-16-6-13-36(15-12-34-32(40)28(27)21-37)33(41)30-19-25-7-3-4-10-29(25)43-30/h3-5,7-10,17-19,27-28H,6,11-16,20-21H2,1-2H3,(H,34,40)/t27-,28+/m1/s1. The van der Waals surface area contributed by atoms with Crippen LogP contribution in [0.2, 0.25) is 0 Å². The zero-order chi connectivity index (χ0) is 29.9. The minimum Gasteiger partial charge on any atom is -0.494 e. The molecule has 224 valence electrons. The maximum absolute atomic E-state index is 13.6. The predicted octanol–water partition coefficient (Wildman–Crippen LogP) is 3.92. The third kappa shape index (κ3) is 6.28. The Labute approximate surface area is 250 Å². The first kappa shape index (κ1) is 28.5. The third-order valence-corrected chi connectivity index (χ3v) is 8.38. The minimum absolute atomic E-state index is 0.000723. The Morgan fingerprint density at radius 3 is 2.63 bits per heavy atom. The van der Waals surface area contributed by atoms with Crippen molar-refractivity contribution in [3.8, 4) is 5.75 Å². The molecular formula is C33H37N5O5. The number of hydrogen-bond donors (Lipinski definition) is 1. The molecule has 0 radical (unpaired) electrons. The van der Waals surface area contributed by atoms with Gasteiger partial charge >= 0.3 is 0 Å². The topological polar surface area (TPSA) is 110 Å². The Bertz CT molecular complexity index is 1610. The van der Waals surface area contributed by atoms with E-state index < -0.39 is 5.92 Å². The van der Waals surface area contributed by atoms with Crippen LogP contribution in [0.15, 0.2) is 65.1 Å². The van der Waals surface area contributed by atoms with E-state index in [9.17, 15) is 14.4 Å². The molecule has 1 saturated heterocycles. The quantitative estimate of drug-likeness (QED) is 0.390. The average Bonchev–Trinajstić information content (AvgIpc) is 3.73. The fourth-order valence-corrected chi connectivity index (χ4v) is 6.16. The largest absolute Gasteiger partial charge is 0.494 e. The second-order valence-electron chi connectivity index (χ2n) is 11.4. The van der Waals surface area contributed by atoms with Crippen LogP contribution in [0.5, 0.6) is 5.75 Å². The number of carbonyl (C=O) groups is 3. The molecule has 2 aliphatic heterocycles. The van der Waals surface area contributed by atoms with E-state index in [1.54, 1.807) is 15.9 Å². The van der Waals surface area contributed by atoms with E-state index in [1.165, 1.54) is 0 Å². The van der Waals surface area contributed by atoms with E-state index in [0.29, 0.717) is 70.0 Å². The van der Waals surface area contributed by atoms with Crippen LogP contribution in [-0.4, -0.2) is 76.6 Å². The van der Waals surface area contributed by atoms with Crippen molar-refractivity contribution in [2.24, 2.45) is 5.92 Å². The number of aromatic nitrogens is 2. The van der Waals surface area contributed by atoms with E-state index in [4.69, 9.17) is 9.15 Å². The zero-order valence-corrected chi connectivity index (χ0v) is 24.6. The number of carbonyl (C=O) groups excluding carboxylic acids is 3. The first-order chi connectivity index (χ1) is 20.9. The number of benzene rings is 2. The van der Waals surface area contributed by atoms with Crippen LogP contribution in [0.4, 0.5) is 0 Å². The molecule has 4 aromatic rings. The van der Waals surface area contributed by atoms with Crippen LogP contribution >= 0.6 is 0 Å². The number of furan rings is 1. The summed E-state index contributed by atoms with van der Waals surface area (Å²) >= 11 is 0. The SMILES string of the molecule is Cc1cc(C)n(CCC(=O)N2C[C@@H]3C(=O)NCCN(C(=O)c4cc5ccccc5o4)CCCOc4cccc(c4)[C@H]3C2)n1. The normalized spacial score (nSPS) is 19.4. The number of aryl methyl sites for hydroxylation is 3. The molecule has 0 aliphatic carbocycles. The maximum atomic E-state index is 13.6. The van der Waals surface area contributed by atoms with Crippen LogP contribution in [0, 0.1) is 19.8 Å². The molecule has 1 fully saturated rings. The van der Waals surface area contributed by atoms with Crippen molar-refractivity contribution >= 4 is 28.7 Å². The Balaban J connectivity index is 1.18. The number of rotatable bonds is 4. The number of amides is 3. The van der Waals surface area contributed by atoms with Crippen molar-refractivity contribution in [1.82, 2.24) is 24.9 Å². The monoisotopic (exact) mass is 583 g/mol. The number of nitrogens with zero attached hydrogens (tertiary/aromatic N) is 4. The molecule has 0 unspecified atom stereocenters. The molecule has 10 heteroatoms. The molecule has 3 amide bonds. The van der Waals surface area contributed by atoms with Crippen LogP contribution in [0.1, 0.15) is 46.3 Å². The predicted molar refractivity (Wildman–Crippen MR) is 161 cm³/mol. The minimum atomic E-state index is -0.421. The van der Waals surface area contributed by atoms with Gasteiger partial charge in [-0.15, -0.1) is 0 Å². The van der Waals surface area contributed by atoms with Crippen molar-refractivity contribution < 1.29 is 23.5 Å². The summed E-state index contributed by atoms with van der Waals surface area (Å²) in [5, 5.41) is 8.40. The van der Waals surface area contributed by atoms with Gasteiger partial charge in [0.25, 0.3) is 5.91 Å². The maximum Gasteiger partial charge on any atom is 0.289 e. The number of hydrogen-bond acceptors (Lipinski definition) is 6. The van der Waals surface area contributed by atoms with Gasteiger partial charge in [-0.3, -0.25) is 19.1 Å². The summed E-state index contributed by atoms with van der Waals surface area (Å²) in [6, 6.07) is 19.1. The molecule has 2 aromatic carbocycles. The van der Waals surface area contributed by atoms with Gasteiger partial charge in [0.2, 0.25) is 11.8 Å². The molecule has 0 saturated carbocycles. The van der Waals surface area contributed by atoms with E-state index in [2.05, 4.69) is 10.4 Å². The van der Waals surface area contributed by atoms with Crippen molar-refractivity contribution in [1.29, 1.82) is 0 Å². The number of para-hydroxylation sites is 1. The van der Waals surface area contributed by atoms with E-state index in [-0.39, 0.29) is 29.4 Å². The van der Waals surface area contributed by atoms with Gasteiger partial charge in [0, 0.05) is 62.7 Å². The van der Waals surface area contributed by atoms with Gasteiger partial charge in [0.1, 0.15) is 11.3 Å². The number of likely N-dealkylation sites (tertiary alicyclic amines) is 1. The van der Waals surface area contributed by atoms with E-state index >= 15 is 0 Å². The Kier molecular flexibility index (Phi) is 8.18. The molecule has 0 spiro atoms. The smallest absolute Gasteiger partial charge is 0.289 e. The van der Waals surface area contributed by atoms with Gasteiger partial charge < -0.3 is 24.3 Å². The fourth-order valence-electron chi connectivity index (χ4n) is 6.16. The van der Waals surface area contributed by atoms with Crippen molar-refractivity contribution in [3.63, 3.8) is 0 Å². The molecule has 2 aromatic heterocycles. The summed E-state index contributed by atoms with van der Waals surface area (Å²) in [7, 11) is 0. The highest BCUT2D eigenvalue weighted by Crippen LogP contribution is 2.35. The lowest BCUT2D eigenvalue weighted by atomic mass is 9.88. The Hall–Kier alpha value is -4.60. The molecule has 2 atom stereocenters. The lowest BCUT2D eigenvalue weighted by Gasteiger charge is -2.24. The molecule has 2 aliphatic rings. The molecular weight excluding hydrogens is 546 g/mol. The first-order valence-corrected chi connectivity index (χ1v) is 14.9. The molecule has 6 rings (SSSR count). The van der Waals surface area contributed by atoms with Gasteiger partial charge in [-0.05, 0) is 56.2 Å². The van der Waals surface area contributed by atoms with Gasteiger partial charge in [-0.1, -0.05) is 30.3 Å². The molecule has 43 heavy (non-hydrogen) atoms. The molecule has 4 heterocycles. The Morgan fingerprint density at radius 1 is 0.977 bits per heavy atom. The summed E-state index contributed by atoms with van der Waals surface area (Å²) in [6.07, 6.45) is 0.929. The van der Waals surface area contributed by atoms with Gasteiger partial charge in [0.05, 0.1) is 18.2 Å². The summed E-state index contributed by atoms with van der Waals surface area (Å²) < 4.78 is 13.8. The number of ether oxygens (including phenoxy) is 1.